The third-order valence-corrected chi connectivity index (χ3v) is 6.71. The Morgan fingerprint density at radius 3 is 2.61 bits per heavy atom. The Morgan fingerprint density at radius 2 is 1.96 bits per heavy atom. The average Bonchev–Trinajstić information content (AvgIpc) is 3.01. The first-order chi connectivity index (χ1) is 10.9. The zero-order chi connectivity index (χ0) is 16.6. The van der Waals surface area contributed by atoms with Crippen molar-refractivity contribution in [3.63, 3.8) is 0 Å². The molecule has 0 saturated carbocycles. The van der Waals surface area contributed by atoms with E-state index in [9.17, 15) is 8.42 Å². The zero-order valence-electron chi connectivity index (χ0n) is 14.2. The lowest BCUT2D eigenvalue weighted by Crippen LogP contribution is -2.40. The first kappa shape index (κ1) is 16.6. The summed E-state index contributed by atoms with van der Waals surface area (Å²) in [6.45, 7) is 6.43. The van der Waals surface area contributed by atoms with E-state index < -0.39 is 10.0 Å². The van der Waals surface area contributed by atoms with Crippen molar-refractivity contribution in [3.8, 4) is 5.75 Å². The maximum atomic E-state index is 13.2. The lowest BCUT2D eigenvalue weighted by atomic mass is 10.0. The minimum atomic E-state index is -3.55. The number of ether oxygens (including phenoxy) is 1. The molecule has 1 aromatic rings. The lowest BCUT2D eigenvalue weighted by molar-refractivity contribution is 0.207. The number of hydrogen-bond donors (Lipinski definition) is 0. The molecule has 2 heterocycles. The molecule has 1 aromatic carbocycles. The van der Waals surface area contributed by atoms with Gasteiger partial charge in [0.1, 0.15) is 17.3 Å². The van der Waals surface area contributed by atoms with Gasteiger partial charge in [-0.05, 0) is 37.3 Å². The fourth-order valence-electron chi connectivity index (χ4n) is 3.48. The molecule has 0 N–H and O–H groups in total. The fraction of sp³-hybridized carbons (Fsp3) is 0.647. The molecule has 0 bridgehead atoms. The van der Waals surface area contributed by atoms with Crippen LogP contribution < -0.4 is 9.64 Å². The molecule has 0 aromatic heterocycles. The molecule has 0 amide bonds. The molecule has 2 aliphatic rings. The van der Waals surface area contributed by atoms with Crippen LogP contribution in [-0.4, -0.2) is 45.5 Å². The van der Waals surface area contributed by atoms with Gasteiger partial charge < -0.3 is 9.64 Å². The average molecular weight is 338 g/mol. The Balaban J connectivity index is 2.06. The molecular formula is C17H26N2O3S. The SMILES string of the molecule is CC(C)C[C@H]1COc2cccc(N3CCCC3)c2S(=O)(=O)N1C. The van der Waals surface area contributed by atoms with Crippen molar-refractivity contribution in [2.45, 2.75) is 44.0 Å². The predicted molar refractivity (Wildman–Crippen MR) is 91.6 cm³/mol. The second kappa shape index (κ2) is 6.32. The molecular weight excluding hydrogens is 312 g/mol. The monoisotopic (exact) mass is 338 g/mol. The number of sulfonamides is 1. The largest absolute Gasteiger partial charge is 0.490 e. The number of anilines is 1. The van der Waals surface area contributed by atoms with Crippen LogP contribution in [0, 0.1) is 5.92 Å². The van der Waals surface area contributed by atoms with E-state index in [0.717, 1.165) is 38.0 Å². The Bertz CT molecular complexity index is 666. The van der Waals surface area contributed by atoms with Crippen molar-refractivity contribution >= 4 is 15.7 Å². The number of fused-ring (bicyclic) bond motifs is 1. The molecule has 1 saturated heterocycles. The van der Waals surface area contributed by atoms with Gasteiger partial charge in [0.05, 0.1) is 11.7 Å². The Kier molecular flexibility index (Phi) is 4.56. The molecule has 6 heteroatoms. The van der Waals surface area contributed by atoms with Gasteiger partial charge in [0.2, 0.25) is 10.0 Å². The fourth-order valence-corrected chi connectivity index (χ4v) is 5.15. The highest BCUT2D eigenvalue weighted by molar-refractivity contribution is 7.89. The van der Waals surface area contributed by atoms with Crippen molar-refractivity contribution in [2.24, 2.45) is 5.92 Å². The van der Waals surface area contributed by atoms with Gasteiger partial charge in [-0.1, -0.05) is 19.9 Å². The maximum absolute atomic E-state index is 13.2. The van der Waals surface area contributed by atoms with Gasteiger partial charge in [-0.25, -0.2) is 8.42 Å². The summed E-state index contributed by atoms with van der Waals surface area (Å²) in [5, 5.41) is 0. The summed E-state index contributed by atoms with van der Waals surface area (Å²) in [4.78, 5) is 2.51. The van der Waals surface area contributed by atoms with Gasteiger partial charge >= 0.3 is 0 Å². The van der Waals surface area contributed by atoms with Crippen LogP contribution in [0.1, 0.15) is 33.1 Å². The van der Waals surface area contributed by atoms with E-state index in [1.807, 2.05) is 12.1 Å². The van der Waals surface area contributed by atoms with Crippen LogP contribution in [0.3, 0.4) is 0 Å². The van der Waals surface area contributed by atoms with Crippen LogP contribution in [0.4, 0.5) is 5.69 Å². The standard InChI is InChI=1S/C17H26N2O3S/c1-13(2)11-14-12-22-16-8-6-7-15(19-9-4-5-10-19)17(16)23(20,21)18(14)3/h6-8,13-14H,4-5,9-12H2,1-3H3/t14-/m0/s1. The van der Waals surface area contributed by atoms with Crippen molar-refractivity contribution in [2.75, 3.05) is 31.6 Å². The van der Waals surface area contributed by atoms with Crippen molar-refractivity contribution in [1.29, 1.82) is 0 Å². The molecule has 0 unspecified atom stereocenters. The van der Waals surface area contributed by atoms with Crippen molar-refractivity contribution in [3.05, 3.63) is 18.2 Å². The lowest BCUT2D eigenvalue weighted by Gasteiger charge is -2.27. The second-order valence-electron chi connectivity index (χ2n) is 6.91. The van der Waals surface area contributed by atoms with E-state index in [2.05, 4.69) is 18.7 Å². The molecule has 2 aliphatic heterocycles. The Morgan fingerprint density at radius 1 is 1.26 bits per heavy atom. The minimum Gasteiger partial charge on any atom is -0.490 e. The first-order valence-electron chi connectivity index (χ1n) is 8.40. The second-order valence-corrected chi connectivity index (χ2v) is 8.85. The van der Waals surface area contributed by atoms with Gasteiger partial charge in [-0.15, -0.1) is 0 Å². The number of hydrogen-bond acceptors (Lipinski definition) is 4. The van der Waals surface area contributed by atoms with Crippen LogP contribution >= 0.6 is 0 Å². The Hall–Kier alpha value is -1.27. The topological polar surface area (TPSA) is 49.9 Å². The van der Waals surface area contributed by atoms with E-state index >= 15 is 0 Å². The normalized spacial score (nSPS) is 24.3. The van der Waals surface area contributed by atoms with Crippen LogP contribution in [0.2, 0.25) is 0 Å². The van der Waals surface area contributed by atoms with Crippen LogP contribution in [0.25, 0.3) is 0 Å². The Labute approximate surface area is 139 Å². The van der Waals surface area contributed by atoms with E-state index in [-0.39, 0.29) is 6.04 Å². The van der Waals surface area contributed by atoms with Crippen molar-refractivity contribution in [1.82, 2.24) is 4.31 Å². The minimum absolute atomic E-state index is 0.126. The molecule has 0 spiro atoms. The summed E-state index contributed by atoms with van der Waals surface area (Å²) < 4.78 is 33.9. The highest BCUT2D eigenvalue weighted by Crippen LogP contribution is 2.39. The summed E-state index contributed by atoms with van der Waals surface area (Å²) in [6.07, 6.45) is 3.01. The summed E-state index contributed by atoms with van der Waals surface area (Å²) in [5.74, 6) is 0.910. The highest BCUT2D eigenvalue weighted by atomic mass is 32.2. The third kappa shape index (κ3) is 3.06. The molecule has 0 radical (unpaired) electrons. The number of nitrogens with zero attached hydrogens (tertiary/aromatic N) is 2. The molecule has 128 valence electrons. The van der Waals surface area contributed by atoms with E-state index in [4.69, 9.17) is 4.74 Å². The molecule has 5 nitrogen and oxygen atoms in total. The highest BCUT2D eigenvalue weighted by Gasteiger charge is 2.37. The summed E-state index contributed by atoms with van der Waals surface area (Å²) >= 11 is 0. The molecule has 1 atom stereocenters. The molecule has 23 heavy (non-hydrogen) atoms. The maximum Gasteiger partial charge on any atom is 0.248 e. The van der Waals surface area contributed by atoms with Gasteiger partial charge in [-0.3, -0.25) is 0 Å². The number of benzene rings is 1. The van der Waals surface area contributed by atoms with E-state index in [1.54, 1.807) is 13.1 Å². The first-order valence-corrected chi connectivity index (χ1v) is 9.84. The molecule has 3 rings (SSSR count). The van der Waals surface area contributed by atoms with Gasteiger partial charge in [0.25, 0.3) is 0 Å². The molecule has 1 fully saturated rings. The quantitative estimate of drug-likeness (QED) is 0.850. The van der Waals surface area contributed by atoms with E-state index in [0.29, 0.717) is 23.2 Å². The summed E-state index contributed by atoms with van der Waals surface area (Å²) in [6, 6.07) is 5.45. The summed E-state index contributed by atoms with van der Waals surface area (Å²) in [7, 11) is -1.87. The number of rotatable bonds is 3. The van der Waals surface area contributed by atoms with Crippen molar-refractivity contribution < 1.29 is 13.2 Å². The van der Waals surface area contributed by atoms with Gasteiger partial charge in [0, 0.05) is 20.1 Å². The van der Waals surface area contributed by atoms with Crippen LogP contribution in [0.15, 0.2) is 23.1 Å². The van der Waals surface area contributed by atoms with Crippen LogP contribution in [0.5, 0.6) is 5.75 Å². The molecule has 0 aliphatic carbocycles. The van der Waals surface area contributed by atoms with E-state index in [1.165, 1.54) is 4.31 Å². The van der Waals surface area contributed by atoms with Gasteiger partial charge in [-0.2, -0.15) is 4.31 Å². The summed E-state index contributed by atoms with van der Waals surface area (Å²) in [5.41, 5.74) is 0.789. The van der Waals surface area contributed by atoms with Gasteiger partial charge in [0.15, 0.2) is 0 Å². The smallest absolute Gasteiger partial charge is 0.248 e. The predicted octanol–water partition coefficient (Wildman–Crippen LogP) is 2.71. The number of likely N-dealkylation sites (N-methyl/N-ethyl adjacent to an activating group) is 1. The zero-order valence-corrected chi connectivity index (χ0v) is 15.0. The van der Waals surface area contributed by atoms with Crippen LogP contribution in [-0.2, 0) is 10.0 Å². The third-order valence-electron chi connectivity index (χ3n) is 4.73.